The molecule has 2 N–H and O–H groups in total. The molecule has 1 aromatic heterocycles. The highest BCUT2D eigenvalue weighted by Gasteiger charge is 2.50. The van der Waals surface area contributed by atoms with Gasteiger partial charge in [-0.05, 0) is 86.5 Å². The average Bonchev–Trinajstić information content (AvgIpc) is 2.80. The molecule has 116 valence electrons. The van der Waals surface area contributed by atoms with Crippen LogP contribution in [0.1, 0.15) is 56.9 Å². The Kier molecular flexibility index (Phi) is 3.36. The summed E-state index contributed by atoms with van der Waals surface area (Å²) < 4.78 is 1.89. The number of hydrogen-bond donors (Lipinski definition) is 1. The smallest absolute Gasteiger partial charge is 0.0521 e. The fourth-order valence-electron chi connectivity index (χ4n) is 6.15. The maximum absolute atomic E-state index is 6.52. The number of aryl methyl sites for hydroxylation is 2. The van der Waals surface area contributed by atoms with E-state index in [4.69, 9.17) is 5.73 Å². The lowest BCUT2D eigenvalue weighted by Gasteiger charge is -2.57. The molecule has 0 amide bonds. The number of aromatic nitrogens is 2. The summed E-state index contributed by atoms with van der Waals surface area (Å²) in [6, 6.07) is 0.376. The van der Waals surface area contributed by atoms with Crippen LogP contribution in [0, 0.1) is 23.2 Å². The standard InChI is InChI=1S/C18H29N3/c1-21-12-13(11-20-21)2-3-17(19)10-18-7-14-4-15(8-18)6-16(5-14)9-18/h11-12,14-17H,2-10,19H2,1H3. The van der Waals surface area contributed by atoms with Crippen LogP contribution in [0.4, 0.5) is 0 Å². The first-order valence-electron chi connectivity index (χ1n) is 8.83. The fraction of sp³-hybridized carbons (Fsp3) is 0.833. The number of nitrogens with zero attached hydrogens (tertiary/aromatic N) is 2. The van der Waals surface area contributed by atoms with Crippen molar-refractivity contribution in [2.24, 2.45) is 36.0 Å². The molecule has 0 aliphatic heterocycles. The summed E-state index contributed by atoms with van der Waals surface area (Å²) in [6.45, 7) is 0. The Bertz CT molecular complexity index is 469. The fourth-order valence-corrected chi connectivity index (χ4v) is 6.15. The van der Waals surface area contributed by atoms with Crippen molar-refractivity contribution >= 4 is 0 Å². The second-order valence-electron chi connectivity index (χ2n) is 8.44. The number of hydrogen-bond acceptors (Lipinski definition) is 2. The van der Waals surface area contributed by atoms with E-state index in [0.29, 0.717) is 11.5 Å². The first-order valence-corrected chi connectivity index (χ1v) is 8.83. The van der Waals surface area contributed by atoms with Crippen molar-refractivity contribution in [2.75, 3.05) is 0 Å². The molecule has 4 saturated carbocycles. The normalized spacial score (nSPS) is 38.9. The SMILES string of the molecule is Cn1cc(CCC(N)CC23CC4CC(CC(C4)C2)C3)cn1. The van der Waals surface area contributed by atoms with Crippen LogP contribution in [0.25, 0.3) is 0 Å². The Labute approximate surface area is 128 Å². The third kappa shape index (κ3) is 2.77. The topological polar surface area (TPSA) is 43.8 Å². The van der Waals surface area contributed by atoms with Crippen LogP contribution in [0.15, 0.2) is 12.4 Å². The predicted octanol–water partition coefficient (Wildman–Crippen LogP) is 3.29. The van der Waals surface area contributed by atoms with E-state index >= 15 is 0 Å². The molecule has 4 aliphatic carbocycles. The van der Waals surface area contributed by atoms with Crippen LogP contribution in [-0.4, -0.2) is 15.8 Å². The molecule has 1 heterocycles. The lowest BCUT2D eigenvalue weighted by Crippen LogP contribution is -2.48. The second kappa shape index (κ2) is 5.12. The van der Waals surface area contributed by atoms with Crippen LogP contribution < -0.4 is 5.73 Å². The van der Waals surface area contributed by atoms with Gasteiger partial charge in [-0.25, -0.2) is 0 Å². The van der Waals surface area contributed by atoms with Gasteiger partial charge in [-0.3, -0.25) is 4.68 Å². The molecule has 4 fully saturated rings. The maximum atomic E-state index is 6.52. The van der Waals surface area contributed by atoms with Crippen molar-refractivity contribution in [2.45, 2.75) is 63.8 Å². The van der Waals surface area contributed by atoms with Gasteiger partial charge in [0.1, 0.15) is 0 Å². The average molecular weight is 287 g/mol. The first-order chi connectivity index (χ1) is 10.1. The molecule has 0 spiro atoms. The highest BCUT2D eigenvalue weighted by atomic mass is 15.2. The molecule has 21 heavy (non-hydrogen) atoms. The van der Waals surface area contributed by atoms with Gasteiger partial charge in [0, 0.05) is 19.3 Å². The Morgan fingerprint density at radius 1 is 1.24 bits per heavy atom. The zero-order chi connectivity index (χ0) is 14.4. The van der Waals surface area contributed by atoms with E-state index in [2.05, 4.69) is 11.3 Å². The summed E-state index contributed by atoms with van der Waals surface area (Å²) in [5, 5.41) is 4.25. The van der Waals surface area contributed by atoms with Crippen LogP contribution in [-0.2, 0) is 13.5 Å². The molecule has 3 heteroatoms. The largest absolute Gasteiger partial charge is 0.328 e. The Balaban J connectivity index is 1.35. The van der Waals surface area contributed by atoms with Crippen molar-refractivity contribution in [3.05, 3.63) is 18.0 Å². The van der Waals surface area contributed by atoms with Gasteiger partial charge in [-0.15, -0.1) is 0 Å². The molecule has 4 aliphatic rings. The molecule has 1 aromatic rings. The van der Waals surface area contributed by atoms with Crippen LogP contribution >= 0.6 is 0 Å². The summed E-state index contributed by atoms with van der Waals surface area (Å²) >= 11 is 0. The summed E-state index contributed by atoms with van der Waals surface area (Å²) in [5.41, 5.74) is 8.48. The molecule has 0 saturated heterocycles. The summed E-state index contributed by atoms with van der Waals surface area (Å²) in [5.74, 6) is 3.13. The monoisotopic (exact) mass is 287 g/mol. The summed E-state index contributed by atoms with van der Waals surface area (Å²) in [7, 11) is 1.98. The van der Waals surface area contributed by atoms with Crippen molar-refractivity contribution in [1.82, 2.24) is 9.78 Å². The van der Waals surface area contributed by atoms with E-state index in [1.165, 1.54) is 50.5 Å². The highest BCUT2D eigenvalue weighted by molar-refractivity contribution is 5.05. The highest BCUT2D eigenvalue weighted by Crippen LogP contribution is 2.61. The first kappa shape index (κ1) is 13.8. The lowest BCUT2D eigenvalue weighted by molar-refractivity contribution is -0.0606. The molecule has 3 nitrogen and oxygen atoms in total. The number of nitrogens with two attached hydrogens (primary N) is 1. The van der Waals surface area contributed by atoms with E-state index in [0.717, 1.165) is 30.6 Å². The van der Waals surface area contributed by atoms with Crippen LogP contribution in [0.3, 0.4) is 0 Å². The predicted molar refractivity (Wildman–Crippen MR) is 84.7 cm³/mol. The van der Waals surface area contributed by atoms with Gasteiger partial charge in [0.05, 0.1) is 6.20 Å². The Morgan fingerprint density at radius 2 is 1.86 bits per heavy atom. The van der Waals surface area contributed by atoms with Crippen molar-refractivity contribution in [1.29, 1.82) is 0 Å². The van der Waals surface area contributed by atoms with Gasteiger partial charge < -0.3 is 5.73 Å². The second-order valence-corrected chi connectivity index (χ2v) is 8.44. The van der Waals surface area contributed by atoms with E-state index in [1.807, 2.05) is 17.9 Å². The van der Waals surface area contributed by atoms with Crippen molar-refractivity contribution in [3.8, 4) is 0 Å². The molecule has 1 atom stereocenters. The molecule has 1 unspecified atom stereocenters. The van der Waals surface area contributed by atoms with Crippen molar-refractivity contribution in [3.63, 3.8) is 0 Å². The molecular weight excluding hydrogens is 258 g/mol. The van der Waals surface area contributed by atoms with Gasteiger partial charge in [-0.2, -0.15) is 5.10 Å². The third-order valence-corrected chi connectivity index (χ3v) is 6.42. The maximum Gasteiger partial charge on any atom is 0.0521 e. The van der Waals surface area contributed by atoms with Gasteiger partial charge in [0.2, 0.25) is 0 Å². The Morgan fingerprint density at radius 3 is 2.38 bits per heavy atom. The molecular formula is C18H29N3. The van der Waals surface area contributed by atoms with Gasteiger partial charge in [0.15, 0.2) is 0 Å². The van der Waals surface area contributed by atoms with Crippen LogP contribution in [0.5, 0.6) is 0 Å². The van der Waals surface area contributed by atoms with Crippen molar-refractivity contribution < 1.29 is 0 Å². The molecule has 5 rings (SSSR count). The molecule has 4 bridgehead atoms. The third-order valence-electron chi connectivity index (χ3n) is 6.42. The molecule has 0 aromatic carbocycles. The quantitative estimate of drug-likeness (QED) is 0.903. The number of rotatable bonds is 5. The van der Waals surface area contributed by atoms with Gasteiger partial charge >= 0.3 is 0 Å². The lowest BCUT2D eigenvalue weighted by atomic mass is 9.48. The van der Waals surface area contributed by atoms with E-state index < -0.39 is 0 Å². The minimum absolute atomic E-state index is 0.376. The Hall–Kier alpha value is -0.830. The van der Waals surface area contributed by atoms with Gasteiger partial charge in [0.25, 0.3) is 0 Å². The summed E-state index contributed by atoms with van der Waals surface area (Å²) in [4.78, 5) is 0. The molecule has 0 radical (unpaired) electrons. The van der Waals surface area contributed by atoms with E-state index in [-0.39, 0.29) is 0 Å². The van der Waals surface area contributed by atoms with Gasteiger partial charge in [-0.1, -0.05) is 0 Å². The van der Waals surface area contributed by atoms with E-state index in [9.17, 15) is 0 Å². The zero-order valence-corrected chi connectivity index (χ0v) is 13.3. The van der Waals surface area contributed by atoms with E-state index in [1.54, 1.807) is 0 Å². The van der Waals surface area contributed by atoms with Crippen LogP contribution in [0.2, 0.25) is 0 Å². The zero-order valence-electron chi connectivity index (χ0n) is 13.3. The minimum Gasteiger partial charge on any atom is -0.328 e. The minimum atomic E-state index is 0.376. The summed E-state index contributed by atoms with van der Waals surface area (Å²) in [6.07, 6.45) is 16.6.